The maximum Gasteiger partial charge on any atom is 0.270 e. The van der Waals surface area contributed by atoms with Crippen LogP contribution in [0.4, 0.5) is 11.5 Å². The summed E-state index contributed by atoms with van der Waals surface area (Å²) in [5, 5.41) is 6.81. The molecule has 33 heavy (non-hydrogen) atoms. The topological polar surface area (TPSA) is 76.0 Å². The first-order valence-corrected chi connectivity index (χ1v) is 11.0. The van der Waals surface area contributed by atoms with Crippen LogP contribution < -0.4 is 16.1 Å². The van der Waals surface area contributed by atoms with Crippen LogP contribution in [0, 0.1) is 6.92 Å². The number of aromatic nitrogens is 2. The van der Waals surface area contributed by atoms with Crippen molar-refractivity contribution in [3.05, 3.63) is 94.3 Å². The third-order valence-electron chi connectivity index (χ3n) is 5.17. The van der Waals surface area contributed by atoms with Gasteiger partial charge < -0.3 is 10.6 Å². The summed E-state index contributed by atoms with van der Waals surface area (Å²) >= 11 is 0. The first-order valence-electron chi connectivity index (χ1n) is 11.0. The smallest absolute Gasteiger partial charge is 0.270 e. The fourth-order valence-corrected chi connectivity index (χ4v) is 3.77. The van der Waals surface area contributed by atoms with Crippen LogP contribution in [0.25, 0.3) is 16.7 Å². The summed E-state index contributed by atoms with van der Waals surface area (Å²) in [6, 6.07) is 12.9. The Morgan fingerprint density at radius 3 is 2.58 bits per heavy atom. The number of aryl methyl sites for hydroxylation is 1. The Bertz CT molecular complexity index is 1360. The number of carbonyl (C=O) groups excluding carboxylic acids is 1. The van der Waals surface area contributed by atoms with E-state index in [1.54, 1.807) is 12.1 Å². The number of nitrogens with zero attached hydrogens (tertiary/aromatic N) is 2. The third kappa shape index (κ3) is 4.95. The van der Waals surface area contributed by atoms with Crippen molar-refractivity contribution in [2.24, 2.45) is 0 Å². The van der Waals surface area contributed by atoms with Gasteiger partial charge in [-0.3, -0.25) is 14.2 Å². The molecule has 0 aliphatic heterocycles. The number of para-hydroxylation sites is 1. The molecule has 0 bridgehead atoms. The van der Waals surface area contributed by atoms with Gasteiger partial charge in [0.05, 0.1) is 5.39 Å². The molecule has 0 spiro atoms. The van der Waals surface area contributed by atoms with E-state index in [1.165, 1.54) is 0 Å². The minimum Gasteiger partial charge on any atom is -0.346 e. The van der Waals surface area contributed by atoms with Crippen molar-refractivity contribution >= 4 is 34.1 Å². The largest absolute Gasteiger partial charge is 0.346 e. The normalized spacial score (nSPS) is 13.5. The molecule has 168 valence electrons. The predicted octanol–water partition coefficient (Wildman–Crippen LogP) is 5.33. The number of pyridine rings is 2. The molecular weight excluding hydrogens is 412 g/mol. The molecule has 4 rings (SSSR count). The minimum atomic E-state index is -0.407. The number of carbonyl (C=O) groups is 1. The zero-order valence-corrected chi connectivity index (χ0v) is 19.3. The standard InChI is InChI=1S/C27H28N4O2/c1-18-16-21(26(33)30-27(2,3)4)29-25-24(18)22(32)17-23(28-19-12-8-7-9-13-19)31(25)20-14-10-5-6-11-15-20/h5-10,12-17,28H,11H2,1-4H3,(H,30,33). The van der Waals surface area contributed by atoms with Crippen LogP contribution in [0.3, 0.4) is 0 Å². The van der Waals surface area contributed by atoms with Crippen LogP contribution in [-0.4, -0.2) is 21.0 Å². The maximum atomic E-state index is 13.2. The Balaban J connectivity index is 1.99. The lowest BCUT2D eigenvalue weighted by Gasteiger charge is -2.22. The van der Waals surface area contributed by atoms with E-state index in [0.29, 0.717) is 22.4 Å². The van der Waals surface area contributed by atoms with Crippen molar-refractivity contribution in [2.75, 3.05) is 5.32 Å². The zero-order valence-electron chi connectivity index (χ0n) is 19.3. The fourth-order valence-electron chi connectivity index (χ4n) is 3.77. The van der Waals surface area contributed by atoms with E-state index in [0.717, 1.165) is 17.8 Å². The Morgan fingerprint density at radius 2 is 1.85 bits per heavy atom. The predicted molar refractivity (Wildman–Crippen MR) is 135 cm³/mol. The monoisotopic (exact) mass is 440 g/mol. The lowest BCUT2D eigenvalue weighted by atomic mass is 10.1. The quantitative estimate of drug-likeness (QED) is 0.575. The molecule has 3 aromatic rings. The molecular formula is C27H28N4O2. The van der Waals surface area contributed by atoms with Gasteiger partial charge in [-0.15, -0.1) is 0 Å². The van der Waals surface area contributed by atoms with Crippen LogP contribution in [0.2, 0.25) is 0 Å². The van der Waals surface area contributed by atoms with Crippen molar-refractivity contribution < 1.29 is 4.79 Å². The Labute approximate surface area is 193 Å². The maximum absolute atomic E-state index is 13.2. The third-order valence-corrected chi connectivity index (χ3v) is 5.17. The second kappa shape index (κ2) is 8.90. The van der Waals surface area contributed by atoms with Crippen molar-refractivity contribution in [3.63, 3.8) is 0 Å². The van der Waals surface area contributed by atoms with Gasteiger partial charge in [0, 0.05) is 23.0 Å². The van der Waals surface area contributed by atoms with Gasteiger partial charge in [0.1, 0.15) is 11.5 Å². The Hall–Kier alpha value is -3.93. The Morgan fingerprint density at radius 1 is 1.09 bits per heavy atom. The number of fused-ring (bicyclic) bond motifs is 1. The number of anilines is 2. The highest BCUT2D eigenvalue weighted by atomic mass is 16.2. The van der Waals surface area contributed by atoms with Gasteiger partial charge >= 0.3 is 0 Å². The van der Waals surface area contributed by atoms with Gasteiger partial charge in [-0.05, 0) is 64.0 Å². The van der Waals surface area contributed by atoms with Gasteiger partial charge in [0.2, 0.25) is 0 Å². The molecule has 6 nitrogen and oxygen atoms in total. The molecule has 2 heterocycles. The first kappa shape index (κ1) is 22.3. The van der Waals surface area contributed by atoms with Crippen LogP contribution in [0.5, 0.6) is 0 Å². The summed E-state index contributed by atoms with van der Waals surface area (Å²) in [5.41, 5.74) is 2.58. The number of rotatable bonds is 4. The molecule has 6 heteroatoms. The van der Waals surface area contributed by atoms with Crippen molar-refractivity contribution in [1.82, 2.24) is 14.9 Å². The number of allylic oxidation sites excluding steroid dienone is 6. The van der Waals surface area contributed by atoms with Crippen LogP contribution in [-0.2, 0) is 0 Å². The Kier molecular flexibility index (Phi) is 6.01. The average molecular weight is 441 g/mol. The average Bonchev–Trinajstić information content (AvgIpc) is 3.02. The van der Waals surface area contributed by atoms with E-state index in [1.807, 2.05) is 80.8 Å². The number of amides is 1. The molecule has 0 fully saturated rings. The van der Waals surface area contributed by atoms with Crippen LogP contribution in [0.15, 0.2) is 77.6 Å². The fraction of sp³-hybridized carbons (Fsp3) is 0.222. The molecule has 2 N–H and O–H groups in total. The molecule has 1 amide bonds. The second-order valence-electron chi connectivity index (χ2n) is 9.10. The van der Waals surface area contributed by atoms with E-state index < -0.39 is 5.54 Å². The molecule has 1 aromatic carbocycles. The van der Waals surface area contributed by atoms with E-state index in [2.05, 4.69) is 22.8 Å². The van der Waals surface area contributed by atoms with E-state index in [4.69, 9.17) is 4.98 Å². The summed E-state index contributed by atoms with van der Waals surface area (Å²) < 4.78 is 1.91. The molecule has 0 atom stereocenters. The number of nitrogens with one attached hydrogen (secondary N) is 2. The van der Waals surface area contributed by atoms with Crippen LogP contribution >= 0.6 is 0 Å². The highest BCUT2D eigenvalue weighted by Crippen LogP contribution is 2.27. The van der Waals surface area contributed by atoms with E-state index >= 15 is 0 Å². The van der Waals surface area contributed by atoms with Gasteiger partial charge in [-0.1, -0.05) is 42.5 Å². The lowest BCUT2D eigenvalue weighted by Crippen LogP contribution is -2.41. The number of hydrogen-bond donors (Lipinski definition) is 2. The van der Waals surface area contributed by atoms with Gasteiger partial charge in [0.25, 0.3) is 5.91 Å². The van der Waals surface area contributed by atoms with Gasteiger partial charge in [-0.25, -0.2) is 4.98 Å². The van der Waals surface area contributed by atoms with Crippen molar-refractivity contribution in [1.29, 1.82) is 0 Å². The molecule has 1 aliphatic rings. The highest BCUT2D eigenvalue weighted by molar-refractivity contribution is 5.96. The highest BCUT2D eigenvalue weighted by Gasteiger charge is 2.21. The molecule has 0 saturated carbocycles. The summed E-state index contributed by atoms with van der Waals surface area (Å²) in [4.78, 5) is 30.8. The molecule has 0 saturated heterocycles. The van der Waals surface area contributed by atoms with E-state index in [-0.39, 0.29) is 17.0 Å². The summed E-state index contributed by atoms with van der Waals surface area (Å²) in [6.07, 6.45) is 10.8. The molecule has 0 radical (unpaired) electrons. The number of benzene rings is 1. The first-order chi connectivity index (χ1) is 15.7. The summed E-state index contributed by atoms with van der Waals surface area (Å²) in [7, 11) is 0. The van der Waals surface area contributed by atoms with Gasteiger partial charge in [-0.2, -0.15) is 0 Å². The molecule has 0 unspecified atom stereocenters. The van der Waals surface area contributed by atoms with Gasteiger partial charge in [0.15, 0.2) is 11.1 Å². The van der Waals surface area contributed by atoms with Crippen LogP contribution in [0.1, 0.15) is 43.2 Å². The molecule has 2 aromatic heterocycles. The summed E-state index contributed by atoms with van der Waals surface area (Å²) in [6.45, 7) is 7.60. The summed E-state index contributed by atoms with van der Waals surface area (Å²) in [5.74, 6) is 0.303. The number of hydrogen-bond acceptors (Lipinski definition) is 4. The minimum absolute atomic E-state index is 0.149. The zero-order chi connectivity index (χ0) is 23.6. The van der Waals surface area contributed by atoms with Crippen molar-refractivity contribution in [2.45, 2.75) is 39.7 Å². The lowest BCUT2D eigenvalue weighted by molar-refractivity contribution is 0.0914. The molecule has 1 aliphatic carbocycles. The SMILES string of the molecule is Cc1cc(C(=O)NC(C)(C)C)nc2c1c(=O)cc(Nc1ccccc1)n2C1=CCC=CC=C1. The second-order valence-corrected chi connectivity index (χ2v) is 9.10. The van der Waals surface area contributed by atoms with Crippen molar-refractivity contribution in [3.8, 4) is 0 Å². The van der Waals surface area contributed by atoms with E-state index in [9.17, 15) is 9.59 Å².